The lowest BCUT2D eigenvalue weighted by Gasteiger charge is -2.36. The van der Waals surface area contributed by atoms with Crippen molar-refractivity contribution < 1.29 is 23.4 Å². The molecule has 0 aliphatic carbocycles. The maximum absolute atomic E-state index is 13.1. The average Bonchev–Trinajstić information content (AvgIpc) is 2.29. The third-order valence-corrected chi connectivity index (χ3v) is 3.14. The third kappa shape index (κ3) is 3.26. The molecule has 1 aromatic carbocycles. The molecule has 2 atom stereocenters. The van der Waals surface area contributed by atoms with Gasteiger partial charge in [0.05, 0.1) is 6.04 Å². The first-order valence-electron chi connectivity index (χ1n) is 5.66. The van der Waals surface area contributed by atoms with Crippen LogP contribution in [-0.2, 0) is 0 Å². The number of halogens is 4. The molecule has 1 rings (SSSR count). The van der Waals surface area contributed by atoms with Crippen LogP contribution in [0.3, 0.4) is 0 Å². The van der Waals surface area contributed by atoms with Crippen molar-refractivity contribution in [3.63, 3.8) is 0 Å². The summed E-state index contributed by atoms with van der Waals surface area (Å²) in [6, 6.07) is 1.63. The van der Waals surface area contributed by atoms with E-state index in [4.69, 9.17) is 17.3 Å². The van der Waals surface area contributed by atoms with Crippen LogP contribution in [0, 0.1) is 0 Å². The number of aliphatic hydroxyl groups is 1. The zero-order valence-corrected chi connectivity index (χ0v) is 11.5. The van der Waals surface area contributed by atoms with E-state index in [1.807, 2.05) is 0 Å². The highest BCUT2D eigenvalue weighted by Crippen LogP contribution is 2.44. The maximum atomic E-state index is 13.1. The summed E-state index contributed by atoms with van der Waals surface area (Å²) < 4.78 is 39.4. The van der Waals surface area contributed by atoms with E-state index < -0.39 is 30.0 Å². The Labute approximate surface area is 119 Å². The number of phenolic OH excluding ortho intramolecular Hbond substituents is 1. The summed E-state index contributed by atoms with van der Waals surface area (Å²) in [5, 5.41) is 19.7. The van der Waals surface area contributed by atoms with Gasteiger partial charge in [0.15, 0.2) is 5.60 Å². The Morgan fingerprint density at radius 3 is 2.45 bits per heavy atom. The van der Waals surface area contributed by atoms with Crippen LogP contribution in [0.15, 0.2) is 30.4 Å². The fourth-order valence-electron chi connectivity index (χ4n) is 1.88. The van der Waals surface area contributed by atoms with Crippen LogP contribution in [0.4, 0.5) is 13.2 Å². The van der Waals surface area contributed by atoms with Crippen LogP contribution in [0.2, 0.25) is 5.02 Å². The number of hydrogen-bond donors (Lipinski definition) is 3. The smallest absolute Gasteiger partial charge is 0.419 e. The van der Waals surface area contributed by atoms with Crippen molar-refractivity contribution in [3.05, 3.63) is 40.9 Å². The third-order valence-electron chi connectivity index (χ3n) is 2.90. The predicted octanol–water partition coefficient (Wildman–Crippen LogP) is 3.31. The lowest BCUT2D eigenvalue weighted by molar-refractivity contribution is -0.268. The van der Waals surface area contributed by atoms with Crippen molar-refractivity contribution in [3.8, 4) is 5.75 Å². The van der Waals surface area contributed by atoms with E-state index in [0.717, 1.165) is 12.1 Å². The number of rotatable bonds is 4. The Kier molecular flexibility index (Phi) is 4.74. The molecule has 0 heterocycles. The first kappa shape index (κ1) is 16.8. The molecule has 0 aliphatic heterocycles. The Morgan fingerprint density at radius 2 is 2.00 bits per heavy atom. The largest absolute Gasteiger partial charge is 0.508 e. The van der Waals surface area contributed by atoms with E-state index >= 15 is 0 Å². The van der Waals surface area contributed by atoms with Crippen LogP contribution in [-0.4, -0.2) is 22.0 Å². The highest BCUT2D eigenvalue weighted by molar-refractivity contribution is 6.30. The first-order valence-corrected chi connectivity index (χ1v) is 6.04. The van der Waals surface area contributed by atoms with Gasteiger partial charge in [-0.05, 0) is 25.1 Å². The van der Waals surface area contributed by atoms with Gasteiger partial charge in [0.25, 0.3) is 0 Å². The summed E-state index contributed by atoms with van der Waals surface area (Å²) in [7, 11) is 0. The van der Waals surface area contributed by atoms with Gasteiger partial charge in [0.1, 0.15) is 5.75 Å². The van der Waals surface area contributed by atoms with Crippen molar-refractivity contribution >= 4 is 11.6 Å². The molecule has 20 heavy (non-hydrogen) atoms. The van der Waals surface area contributed by atoms with E-state index in [2.05, 4.69) is 6.58 Å². The number of alkyl halides is 3. The van der Waals surface area contributed by atoms with Gasteiger partial charge in [-0.15, -0.1) is 6.58 Å². The molecule has 0 amide bonds. The van der Waals surface area contributed by atoms with Gasteiger partial charge in [-0.3, -0.25) is 0 Å². The van der Waals surface area contributed by atoms with Gasteiger partial charge in [0.2, 0.25) is 0 Å². The topological polar surface area (TPSA) is 66.5 Å². The van der Waals surface area contributed by atoms with E-state index in [0.29, 0.717) is 0 Å². The molecule has 0 saturated heterocycles. The summed E-state index contributed by atoms with van der Waals surface area (Å²) in [6.07, 6.45) is -5.76. The molecule has 0 aliphatic rings. The quantitative estimate of drug-likeness (QED) is 0.748. The minimum absolute atomic E-state index is 0.105. The van der Waals surface area contributed by atoms with Gasteiger partial charge in [-0.1, -0.05) is 17.2 Å². The van der Waals surface area contributed by atoms with Crippen molar-refractivity contribution in [2.45, 2.75) is 31.2 Å². The number of aromatic hydroxyl groups is 1. The summed E-state index contributed by atoms with van der Waals surface area (Å²) in [5.41, 5.74) is 2.15. The van der Waals surface area contributed by atoms with Crippen molar-refractivity contribution in [1.29, 1.82) is 0 Å². The zero-order valence-electron chi connectivity index (χ0n) is 10.7. The van der Waals surface area contributed by atoms with Crippen LogP contribution in [0.5, 0.6) is 5.75 Å². The van der Waals surface area contributed by atoms with Gasteiger partial charge >= 0.3 is 6.18 Å². The van der Waals surface area contributed by atoms with Crippen molar-refractivity contribution in [2.24, 2.45) is 5.73 Å². The summed E-state index contributed by atoms with van der Waals surface area (Å²) in [6.45, 7) is 4.71. The second kappa shape index (κ2) is 5.63. The Bertz CT molecular complexity index is 519. The van der Waals surface area contributed by atoms with Gasteiger partial charge in [0, 0.05) is 17.0 Å². The highest BCUT2D eigenvalue weighted by Gasteiger charge is 2.58. The second-order valence-electron chi connectivity index (χ2n) is 4.74. The molecule has 2 unspecified atom stereocenters. The molecule has 1 aromatic rings. The first-order chi connectivity index (χ1) is 8.99. The van der Waals surface area contributed by atoms with Crippen LogP contribution >= 0.6 is 11.6 Å². The number of phenols is 1. The Balaban J connectivity index is 3.34. The van der Waals surface area contributed by atoms with Crippen LogP contribution in [0.1, 0.15) is 24.9 Å². The van der Waals surface area contributed by atoms with E-state index in [1.54, 1.807) is 0 Å². The average molecular weight is 310 g/mol. The molecular formula is C13H15ClF3NO2. The van der Waals surface area contributed by atoms with Crippen molar-refractivity contribution in [1.82, 2.24) is 0 Å². The fourth-order valence-corrected chi connectivity index (χ4v) is 2.06. The van der Waals surface area contributed by atoms with Gasteiger partial charge < -0.3 is 15.9 Å². The lowest BCUT2D eigenvalue weighted by atomic mass is 9.83. The molecule has 0 aromatic heterocycles. The molecule has 0 bridgehead atoms. The number of hydrogen-bond acceptors (Lipinski definition) is 3. The highest BCUT2D eigenvalue weighted by atomic mass is 35.5. The normalized spacial score (nSPS) is 16.6. The second-order valence-corrected chi connectivity index (χ2v) is 5.17. The summed E-state index contributed by atoms with van der Waals surface area (Å²) in [4.78, 5) is 0. The van der Waals surface area contributed by atoms with Gasteiger partial charge in [-0.25, -0.2) is 0 Å². The molecule has 112 valence electrons. The van der Waals surface area contributed by atoms with Crippen LogP contribution in [0.25, 0.3) is 0 Å². The molecule has 7 heteroatoms. The SMILES string of the molecule is C=C(C)CC(O)(C(N)c1cc(Cl)ccc1O)C(F)(F)F. The van der Waals surface area contributed by atoms with Gasteiger partial charge in [-0.2, -0.15) is 13.2 Å². The standard InChI is InChI=1S/C13H15ClF3NO2/c1-7(2)6-12(20,13(15,16)17)11(18)9-5-8(14)3-4-10(9)19/h3-5,11,19-20H,1,6,18H2,2H3. The molecule has 0 fully saturated rings. The molecule has 0 spiro atoms. The minimum atomic E-state index is -4.99. The Hall–Kier alpha value is -1.24. The Morgan fingerprint density at radius 1 is 1.45 bits per heavy atom. The summed E-state index contributed by atoms with van der Waals surface area (Å²) in [5.74, 6) is -0.466. The lowest BCUT2D eigenvalue weighted by Crippen LogP contribution is -2.53. The zero-order chi connectivity index (χ0) is 15.7. The molecule has 3 nitrogen and oxygen atoms in total. The molecule has 0 radical (unpaired) electrons. The molecular weight excluding hydrogens is 295 g/mol. The minimum Gasteiger partial charge on any atom is -0.508 e. The van der Waals surface area contributed by atoms with E-state index in [-0.39, 0.29) is 16.2 Å². The van der Waals surface area contributed by atoms with E-state index in [1.165, 1.54) is 13.0 Å². The monoisotopic (exact) mass is 309 g/mol. The number of nitrogens with two attached hydrogens (primary N) is 1. The van der Waals surface area contributed by atoms with Crippen molar-refractivity contribution in [2.75, 3.05) is 0 Å². The molecule has 4 N–H and O–H groups in total. The number of benzene rings is 1. The summed E-state index contributed by atoms with van der Waals surface area (Å²) >= 11 is 5.68. The maximum Gasteiger partial charge on any atom is 0.419 e. The van der Waals surface area contributed by atoms with Crippen LogP contribution < -0.4 is 5.73 Å². The molecule has 0 saturated carbocycles. The van der Waals surface area contributed by atoms with E-state index in [9.17, 15) is 23.4 Å². The predicted molar refractivity (Wildman–Crippen MR) is 70.5 cm³/mol. The fraction of sp³-hybridized carbons (Fsp3) is 0.385.